The highest BCUT2D eigenvalue weighted by molar-refractivity contribution is 5.69. The lowest BCUT2D eigenvalue weighted by Crippen LogP contribution is -2.37. The molecule has 0 aromatic heterocycles. The highest BCUT2D eigenvalue weighted by Crippen LogP contribution is 2.27. The van der Waals surface area contributed by atoms with E-state index in [1.807, 2.05) is 6.92 Å². The number of esters is 1. The van der Waals surface area contributed by atoms with E-state index in [2.05, 4.69) is 13.8 Å². The van der Waals surface area contributed by atoms with Crippen molar-refractivity contribution in [2.24, 2.45) is 0 Å². The Morgan fingerprint density at radius 2 is 1.06 bits per heavy atom. The first-order chi connectivity index (χ1) is 16.5. The van der Waals surface area contributed by atoms with Crippen LogP contribution in [0.25, 0.3) is 0 Å². The van der Waals surface area contributed by atoms with Crippen LogP contribution in [0.2, 0.25) is 0 Å². The predicted octanol–water partition coefficient (Wildman–Crippen LogP) is 8.65. The van der Waals surface area contributed by atoms with Gasteiger partial charge in [0.2, 0.25) is 0 Å². The van der Waals surface area contributed by atoms with Gasteiger partial charge < -0.3 is 14.9 Å². The molecule has 2 atom stereocenters. The van der Waals surface area contributed by atoms with Crippen molar-refractivity contribution in [3.8, 4) is 0 Å². The molecular weight excluding hydrogens is 424 g/mol. The van der Waals surface area contributed by atoms with E-state index in [4.69, 9.17) is 4.74 Å². The number of carbonyl (C=O) groups is 1. The third-order valence-corrected chi connectivity index (χ3v) is 7.03. The molecule has 0 fully saturated rings. The molecule has 0 radical (unpaired) electrons. The van der Waals surface area contributed by atoms with Gasteiger partial charge in [-0.1, -0.05) is 129 Å². The first-order valence-corrected chi connectivity index (χ1v) is 15.0. The van der Waals surface area contributed by atoms with E-state index >= 15 is 0 Å². The second kappa shape index (κ2) is 24.1. The molecule has 0 bridgehead atoms. The lowest BCUT2D eigenvalue weighted by atomic mass is 9.91. The normalized spacial score (nSPS) is 14.1. The molecule has 0 heterocycles. The van der Waals surface area contributed by atoms with Crippen molar-refractivity contribution in [1.82, 2.24) is 0 Å². The Balaban J connectivity index is 4.00. The van der Waals surface area contributed by atoms with E-state index in [9.17, 15) is 15.0 Å². The summed E-state index contributed by atoms with van der Waals surface area (Å²) in [5.74, 6) is -0.153. The number of hydrogen-bond acceptors (Lipinski definition) is 4. The Morgan fingerprint density at radius 3 is 1.47 bits per heavy atom. The molecule has 0 saturated heterocycles. The van der Waals surface area contributed by atoms with Crippen LogP contribution in [-0.2, 0) is 9.53 Å². The van der Waals surface area contributed by atoms with Gasteiger partial charge in [0.15, 0.2) is 0 Å². The van der Waals surface area contributed by atoms with Gasteiger partial charge in [-0.3, -0.25) is 4.79 Å². The molecule has 0 saturated carbocycles. The number of unbranched alkanes of at least 4 members (excludes halogenated alkanes) is 18. The minimum Gasteiger partial charge on any atom is -0.459 e. The van der Waals surface area contributed by atoms with E-state index in [1.165, 1.54) is 103 Å². The van der Waals surface area contributed by atoms with E-state index in [0.29, 0.717) is 12.8 Å². The fraction of sp³-hybridized carbons (Fsp3) is 0.967. The molecule has 0 spiro atoms. The van der Waals surface area contributed by atoms with Gasteiger partial charge in [0.25, 0.3) is 0 Å². The monoisotopic (exact) mass is 484 g/mol. The fourth-order valence-electron chi connectivity index (χ4n) is 4.83. The van der Waals surface area contributed by atoms with Crippen LogP contribution >= 0.6 is 0 Å². The molecule has 2 unspecified atom stereocenters. The predicted molar refractivity (Wildman–Crippen MR) is 145 cm³/mol. The summed E-state index contributed by atoms with van der Waals surface area (Å²) in [6.07, 6.45) is 25.8. The van der Waals surface area contributed by atoms with Crippen molar-refractivity contribution in [2.75, 3.05) is 6.61 Å². The molecule has 0 aromatic rings. The number of carbonyl (C=O) groups excluding carboxylic acids is 1. The standard InChI is InChI=1S/C30H60O4/c1-4-6-8-10-12-14-15-16-18-20-22-24-29(33)34-30(3,26-28(32)27-31)25-23-21-19-17-13-11-9-7-5-2/h28,31-32H,4-27H2,1-3H3. The van der Waals surface area contributed by atoms with Crippen molar-refractivity contribution < 1.29 is 19.7 Å². The molecule has 0 aliphatic heterocycles. The van der Waals surface area contributed by atoms with Crippen molar-refractivity contribution in [3.05, 3.63) is 0 Å². The van der Waals surface area contributed by atoms with Gasteiger partial charge in [-0.2, -0.15) is 0 Å². The highest BCUT2D eigenvalue weighted by Gasteiger charge is 2.31. The van der Waals surface area contributed by atoms with Crippen molar-refractivity contribution in [3.63, 3.8) is 0 Å². The average molecular weight is 485 g/mol. The minimum atomic E-state index is -0.835. The summed E-state index contributed by atoms with van der Waals surface area (Å²) in [7, 11) is 0. The average Bonchev–Trinajstić information content (AvgIpc) is 2.81. The molecular formula is C30H60O4. The Bertz CT molecular complexity index is 440. The zero-order valence-electron chi connectivity index (χ0n) is 23.3. The molecule has 34 heavy (non-hydrogen) atoms. The SMILES string of the molecule is CCCCCCCCCCCCCC(=O)OC(C)(CCCCCCCCCCC)CC(O)CO. The first-order valence-electron chi connectivity index (χ1n) is 15.0. The van der Waals surface area contributed by atoms with E-state index < -0.39 is 11.7 Å². The second-order valence-electron chi connectivity index (χ2n) is 10.8. The van der Waals surface area contributed by atoms with Crippen LogP contribution in [0, 0.1) is 0 Å². The summed E-state index contributed by atoms with van der Waals surface area (Å²) in [4.78, 5) is 12.5. The summed E-state index contributed by atoms with van der Waals surface area (Å²) in [6.45, 7) is 6.14. The van der Waals surface area contributed by atoms with Crippen LogP contribution in [0.3, 0.4) is 0 Å². The fourth-order valence-corrected chi connectivity index (χ4v) is 4.83. The molecule has 0 rings (SSSR count). The highest BCUT2D eigenvalue weighted by atomic mass is 16.6. The smallest absolute Gasteiger partial charge is 0.306 e. The maximum atomic E-state index is 12.5. The summed E-state index contributed by atoms with van der Waals surface area (Å²) >= 11 is 0. The number of rotatable bonds is 26. The van der Waals surface area contributed by atoms with Gasteiger partial charge in [0, 0.05) is 12.8 Å². The van der Waals surface area contributed by atoms with Crippen molar-refractivity contribution in [1.29, 1.82) is 0 Å². The first kappa shape index (κ1) is 33.4. The maximum Gasteiger partial charge on any atom is 0.306 e. The molecule has 0 aliphatic carbocycles. The van der Waals surface area contributed by atoms with E-state index in [-0.39, 0.29) is 12.6 Å². The van der Waals surface area contributed by atoms with Gasteiger partial charge in [0.1, 0.15) is 5.60 Å². The topological polar surface area (TPSA) is 66.8 Å². The van der Waals surface area contributed by atoms with Crippen LogP contribution in [0.15, 0.2) is 0 Å². The Labute approximate surface area is 212 Å². The maximum absolute atomic E-state index is 12.5. The second-order valence-corrected chi connectivity index (χ2v) is 10.8. The number of hydrogen-bond donors (Lipinski definition) is 2. The number of aliphatic hydroxyl groups is 2. The van der Waals surface area contributed by atoms with Crippen LogP contribution < -0.4 is 0 Å². The zero-order valence-corrected chi connectivity index (χ0v) is 23.3. The van der Waals surface area contributed by atoms with Gasteiger partial charge >= 0.3 is 5.97 Å². The lowest BCUT2D eigenvalue weighted by molar-refractivity contribution is -0.162. The zero-order chi connectivity index (χ0) is 25.3. The Morgan fingerprint density at radius 1 is 0.676 bits per heavy atom. The molecule has 4 nitrogen and oxygen atoms in total. The summed E-state index contributed by atoms with van der Waals surface area (Å²) in [6, 6.07) is 0. The van der Waals surface area contributed by atoms with Gasteiger partial charge in [-0.15, -0.1) is 0 Å². The molecule has 2 N–H and O–H groups in total. The van der Waals surface area contributed by atoms with Gasteiger partial charge in [-0.25, -0.2) is 0 Å². The van der Waals surface area contributed by atoms with Crippen molar-refractivity contribution in [2.45, 2.75) is 180 Å². The van der Waals surface area contributed by atoms with Crippen LogP contribution in [0.5, 0.6) is 0 Å². The number of ether oxygens (including phenoxy) is 1. The molecule has 0 aromatic carbocycles. The minimum absolute atomic E-state index is 0.153. The molecule has 0 amide bonds. The van der Waals surface area contributed by atoms with Gasteiger partial charge in [-0.05, 0) is 26.2 Å². The summed E-state index contributed by atoms with van der Waals surface area (Å²) < 4.78 is 5.86. The van der Waals surface area contributed by atoms with Crippen LogP contribution in [-0.4, -0.2) is 34.5 Å². The third kappa shape index (κ3) is 21.9. The van der Waals surface area contributed by atoms with Gasteiger partial charge in [0.05, 0.1) is 12.7 Å². The molecule has 0 aliphatic rings. The van der Waals surface area contributed by atoms with Crippen molar-refractivity contribution >= 4 is 5.97 Å². The van der Waals surface area contributed by atoms with E-state index in [0.717, 1.165) is 32.1 Å². The molecule has 4 heteroatoms. The third-order valence-electron chi connectivity index (χ3n) is 7.03. The quantitative estimate of drug-likeness (QED) is 0.0952. The largest absolute Gasteiger partial charge is 0.459 e. The van der Waals surface area contributed by atoms with Crippen LogP contribution in [0.4, 0.5) is 0 Å². The molecule has 204 valence electrons. The van der Waals surface area contributed by atoms with E-state index in [1.54, 1.807) is 0 Å². The summed E-state index contributed by atoms with van der Waals surface area (Å²) in [5.41, 5.74) is -0.682. The Kier molecular flexibility index (Phi) is 23.7. The summed E-state index contributed by atoms with van der Waals surface area (Å²) in [5, 5.41) is 19.3. The van der Waals surface area contributed by atoms with Crippen LogP contribution in [0.1, 0.15) is 168 Å². The lowest BCUT2D eigenvalue weighted by Gasteiger charge is -2.31. The Hall–Kier alpha value is -0.610. The number of aliphatic hydroxyl groups excluding tert-OH is 2.